The first-order valence-electron chi connectivity index (χ1n) is 6.74. The standard InChI is InChI=1S/C13H21N5O/c1-3-10-16-11(15-2)8-12(17-10)18-6-4-9(5-7-18)13(14)19/h8-9H,3-7H2,1-2H3,(H2,14,19)(H,15,16,17). The Balaban J connectivity index is 2.12. The molecule has 2 rings (SSSR count). The van der Waals surface area contributed by atoms with E-state index in [1.54, 1.807) is 0 Å². The smallest absolute Gasteiger partial charge is 0.220 e. The Labute approximate surface area is 113 Å². The molecule has 1 fully saturated rings. The number of carbonyl (C=O) groups is 1. The van der Waals surface area contributed by atoms with E-state index in [4.69, 9.17) is 5.73 Å². The number of nitrogens with two attached hydrogens (primary N) is 1. The molecule has 0 aliphatic carbocycles. The zero-order valence-electron chi connectivity index (χ0n) is 11.5. The molecule has 2 heterocycles. The minimum Gasteiger partial charge on any atom is -0.373 e. The summed E-state index contributed by atoms with van der Waals surface area (Å²) in [5, 5.41) is 3.06. The Morgan fingerprint density at radius 2 is 2.16 bits per heavy atom. The summed E-state index contributed by atoms with van der Waals surface area (Å²) in [7, 11) is 1.85. The highest BCUT2D eigenvalue weighted by atomic mass is 16.1. The van der Waals surface area contributed by atoms with Crippen LogP contribution in [0.4, 0.5) is 11.6 Å². The summed E-state index contributed by atoms with van der Waals surface area (Å²) >= 11 is 0. The molecular weight excluding hydrogens is 242 g/mol. The first-order chi connectivity index (χ1) is 9.13. The van der Waals surface area contributed by atoms with Gasteiger partial charge in [-0.05, 0) is 12.8 Å². The van der Waals surface area contributed by atoms with Crippen LogP contribution in [0.2, 0.25) is 0 Å². The lowest BCUT2D eigenvalue weighted by atomic mass is 9.96. The van der Waals surface area contributed by atoms with Crippen LogP contribution < -0.4 is 16.0 Å². The maximum Gasteiger partial charge on any atom is 0.220 e. The number of nitrogens with zero attached hydrogens (tertiary/aromatic N) is 3. The lowest BCUT2D eigenvalue weighted by molar-refractivity contribution is -0.122. The number of aryl methyl sites for hydroxylation is 1. The van der Waals surface area contributed by atoms with Gasteiger partial charge in [-0.1, -0.05) is 6.92 Å². The number of nitrogens with one attached hydrogen (secondary N) is 1. The number of aromatic nitrogens is 2. The normalized spacial score (nSPS) is 16.4. The predicted molar refractivity (Wildman–Crippen MR) is 75.1 cm³/mol. The summed E-state index contributed by atoms with van der Waals surface area (Å²) in [5.41, 5.74) is 5.35. The van der Waals surface area contributed by atoms with Gasteiger partial charge in [-0.25, -0.2) is 9.97 Å². The van der Waals surface area contributed by atoms with Crippen molar-refractivity contribution in [3.05, 3.63) is 11.9 Å². The second-order valence-electron chi connectivity index (χ2n) is 4.79. The Morgan fingerprint density at radius 1 is 1.47 bits per heavy atom. The zero-order chi connectivity index (χ0) is 13.8. The van der Waals surface area contributed by atoms with Crippen LogP contribution in [-0.4, -0.2) is 36.0 Å². The number of rotatable bonds is 4. The molecule has 0 atom stereocenters. The number of piperidine rings is 1. The fraction of sp³-hybridized carbons (Fsp3) is 0.615. The monoisotopic (exact) mass is 263 g/mol. The highest BCUT2D eigenvalue weighted by Crippen LogP contribution is 2.23. The van der Waals surface area contributed by atoms with E-state index >= 15 is 0 Å². The van der Waals surface area contributed by atoms with Crippen LogP contribution in [0.5, 0.6) is 0 Å². The van der Waals surface area contributed by atoms with E-state index < -0.39 is 0 Å². The molecule has 1 saturated heterocycles. The van der Waals surface area contributed by atoms with Gasteiger partial charge in [-0.15, -0.1) is 0 Å². The molecule has 6 heteroatoms. The van der Waals surface area contributed by atoms with Crippen LogP contribution in [0.15, 0.2) is 6.07 Å². The molecule has 0 radical (unpaired) electrons. The van der Waals surface area contributed by atoms with Crippen LogP contribution in [-0.2, 0) is 11.2 Å². The zero-order valence-corrected chi connectivity index (χ0v) is 11.5. The lowest BCUT2D eigenvalue weighted by Crippen LogP contribution is -2.39. The number of anilines is 2. The molecule has 6 nitrogen and oxygen atoms in total. The van der Waals surface area contributed by atoms with Gasteiger partial charge < -0.3 is 16.0 Å². The van der Waals surface area contributed by atoms with Gasteiger partial charge in [0.15, 0.2) is 0 Å². The third kappa shape index (κ3) is 3.13. The number of hydrogen-bond donors (Lipinski definition) is 2. The quantitative estimate of drug-likeness (QED) is 0.838. The first kappa shape index (κ1) is 13.6. The number of carbonyl (C=O) groups excluding carboxylic acids is 1. The second-order valence-corrected chi connectivity index (χ2v) is 4.79. The van der Waals surface area contributed by atoms with Crippen molar-refractivity contribution in [2.45, 2.75) is 26.2 Å². The van der Waals surface area contributed by atoms with Crippen molar-refractivity contribution >= 4 is 17.5 Å². The van der Waals surface area contributed by atoms with E-state index in [0.29, 0.717) is 0 Å². The van der Waals surface area contributed by atoms with Gasteiger partial charge in [0, 0.05) is 38.5 Å². The molecule has 1 amide bonds. The average Bonchev–Trinajstić information content (AvgIpc) is 2.46. The fourth-order valence-corrected chi connectivity index (χ4v) is 2.32. The van der Waals surface area contributed by atoms with Gasteiger partial charge in [0.1, 0.15) is 17.5 Å². The van der Waals surface area contributed by atoms with Gasteiger partial charge in [0.25, 0.3) is 0 Å². The van der Waals surface area contributed by atoms with Crippen molar-refractivity contribution in [2.24, 2.45) is 11.7 Å². The highest BCUT2D eigenvalue weighted by molar-refractivity contribution is 5.77. The van der Waals surface area contributed by atoms with Crippen molar-refractivity contribution in [2.75, 3.05) is 30.4 Å². The molecule has 0 unspecified atom stereocenters. The van der Waals surface area contributed by atoms with Crippen molar-refractivity contribution in [1.29, 1.82) is 0 Å². The van der Waals surface area contributed by atoms with E-state index in [1.165, 1.54) is 0 Å². The van der Waals surface area contributed by atoms with Crippen LogP contribution in [0, 0.1) is 5.92 Å². The van der Waals surface area contributed by atoms with Crippen LogP contribution in [0.1, 0.15) is 25.6 Å². The summed E-state index contributed by atoms with van der Waals surface area (Å²) < 4.78 is 0. The van der Waals surface area contributed by atoms with E-state index in [9.17, 15) is 4.79 Å². The summed E-state index contributed by atoms with van der Waals surface area (Å²) in [4.78, 5) is 22.3. The predicted octanol–water partition coefficient (Wildman–Crippen LogP) is 0.782. The third-order valence-electron chi connectivity index (χ3n) is 3.55. The lowest BCUT2D eigenvalue weighted by Gasteiger charge is -2.31. The Bertz CT molecular complexity index is 432. The van der Waals surface area contributed by atoms with E-state index in [-0.39, 0.29) is 11.8 Å². The first-order valence-corrected chi connectivity index (χ1v) is 6.74. The molecule has 19 heavy (non-hydrogen) atoms. The molecule has 104 valence electrons. The number of amides is 1. The van der Waals surface area contributed by atoms with Crippen molar-refractivity contribution in [3.63, 3.8) is 0 Å². The van der Waals surface area contributed by atoms with Gasteiger partial charge in [0.05, 0.1) is 0 Å². The molecular formula is C13H21N5O. The van der Waals surface area contributed by atoms with Gasteiger partial charge in [-0.3, -0.25) is 4.79 Å². The maximum absolute atomic E-state index is 11.2. The van der Waals surface area contributed by atoms with Crippen LogP contribution in [0.25, 0.3) is 0 Å². The SMILES string of the molecule is CCc1nc(NC)cc(N2CCC(C(N)=O)CC2)n1. The van der Waals surface area contributed by atoms with E-state index in [2.05, 4.69) is 20.2 Å². The Morgan fingerprint density at radius 3 is 2.68 bits per heavy atom. The largest absolute Gasteiger partial charge is 0.373 e. The number of primary amides is 1. The molecule has 1 aliphatic heterocycles. The number of hydrogen-bond acceptors (Lipinski definition) is 5. The van der Waals surface area contributed by atoms with Crippen molar-refractivity contribution in [1.82, 2.24) is 9.97 Å². The molecule has 3 N–H and O–H groups in total. The highest BCUT2D eigenvalue weighted by Gasteiger charge is 2.24. The summed E-state index contributed by atoms with van der Waals surface area (Å²) in [5.74, 6) is 2.41. The molecule has 0 bridgehead atoms. The second kappa shape index (κ2) is 5.86. The molecule has 0 saturated carbocycles. The van der Waals surface area contributed by atoms with Gasteiger partial charge >= 0.3 is 0 Å². The maximum atomic E-state index is 11.2. The molecule has 1 aliphatic rings. The van der Waals surface area contributed by atoms with Crippen LogP contribution in [0.3, 0.4) is 0 Å². The van der Waals surface area contributed by atoms with E-state index in [1.807, 2.05) is 20.0 Å². The average molecular weight is 263 g/mol. The molecule has 0 aromatic carbocycles. The molecule has 1 aromatic rings. The minimum atomic E-state index is -0.188. The van der Waals surface area contributed by atoms with Gasteiger partial charge in [0.2, 0.25) is 5.91 Å². The minimum absolute atomic E-state index is 0.00695. The van der Waals surface area contributed by atoms with Crippen LogP contribution >= 0.6 is 0 Å². The molecule has 0 spiro atoms. The van der Waals surface area contributed by atoms with Gasteiger partial charge in [-0.2, -0.15) is 0 Å². The fourth-order valence-electron chi connectivity index (χ4n) is 2.32. The van der Waals surface area contributed by atoms with E-state index in [0.717, 1.165) is 49.8 Å². The third-order valence-corrected chi connectivity index (χ3v) is 3.55. The summed E-state index contributed by atoms with van der Waals surface area (Å²) in [6.07, 6.45) is 2.41. The Hall–Kier alpha value is -1.85. The topological polar surface area (TPSA) is 84.1 Å². The van der Waals surface area contributed by atoms with Crippen molar-refractivity contribution in [3.8, 4) is 0 Å². The van der Waals surface area contributed by atoms with Crippen molar-refractivity contribution < 1.29 is 4.79 Å². The molecule has 1 aromatic heterocycles. The summed E-state index contributed by atoms with van der Waals surface area (Å²) in [6, 6.07) is 1.95. The Kier molecular flexibility index (Phi) is 4.19. The summed E-state index contributed by atoms with van der Waals surface area (Å²) in [6.45, 7) is 3.67.